The number of furan rings is 1. The summed E-state index contributed by atoms with van der Waals surface area (Å²) in [5.74, 6) is 0.678. The van der Waals surface area contributed by atoms with Crippen LogP contribution in [-0.4, -0.2) is 27.8 Å². The van der Waals surface area contributed by atoms with Crippen LogP contribution in [0.1, 0.15) is 18.7 Å². The van der Waals surface area contributed by atoms with Gasteiger partial charge in [0.15, 0.2) is 0 Å². The average Bonchev–Trinajstić information content (AvgIpc) is 2.67. The first-order valence-corrected chi connectivity index (χ1v) is 6.38. The maximum atomic E-state index is 11.5. The Morgan fingerprint density at radius 1 is 1.53 bits per heavy atom. The molecule has 6 heteroatoms. The van der Waals surface area contributed by atoms with E-state index in [0.717, 1.165) is 0 Å². The van der Waals surface area contributed by atoms with Gasteiger partial charge in [0.2, 0.25) is 10.0 Å². The Bertz CT molecular complexity index is 372. The van der Waals surface area contributed by atoms with Gasteiger partial charge >= 0.3 is 0 Å². The van der Waals surface area contributed by atoms with Gasteiger partial charge in [-0.1, -0.05) is 0 Å². The molecule has 0 aromatic carbocycles. The van der Waals surface area contributed by atoms with E-state index < -0.39 is 10.0 Å². The second kappa shape index (κ2) is 5.29. The summed E-state index contributed by atoms with van der Waals surface area (Å²) in [6, 6.07) is 3.14. The highest BCUT2D eigenvalue weighted by molar-refractivity contribution is 7.89. The maximum Gasteiger partial charge on any atom is 0.213 e. The number of nitrogens with one attached hydrogen (secondary N) is 2. The van der Waals surface area contributed by atoms with Crippen LogP contribution in [0.5, 0.6) is 0 Å². The highest BCUT2D eigenvalue weighted by Gasteiger charge is 2.16. The van der Waals surface area contributed by atoms with E-state index in [1.807, 2.05) is 0 Å². The van der Waals surface area contributed by atoms with E-state index in [2.05, 4.69) is 10.0 Å². The fourth-order valence-electron chi connectivity index (χ4n) is 1.16. The molecule has 1 atom stereocenters. The molecule has 0 amide bonds. The highest BCUT2D eigenvalue weighted by Crippen LogP contribution is 2.13. The van der Waals surface area contributed by atoms with Crippen molar-refractivity contribution in [1.82, 2.24) is 10.0 Å². The number of rotatable bonds is 6. The lowest BCUT2D eigenvalue weighted by Crippen LogP contribution is -2.32. The van der Waals surface area contributed by atoms with Crippen LogP contribution < -0.4 is 10.0 Å². The normalized spacial score (nSPS) is 14.0. The summed E-state index contributed by atoms with van der Waals surface area (Å²) in [6.45, 7) is 2.18. The van der Waals surface area contributed by atoms with Crippen molar-refractivity contribution in [3.8, 4) is 0 Å². The van der Waals surface area contributed by atoms with Gasteiger partial charge in [0.05, 0.1) is 18.1 Å². The van der Waals surface area contributed by atoms with Crippen molar-refractivity contribution in [2.45, 2.75) is 13.0 Å². The van der Waals surface area contributed by atoms with Crippen molar-refractivity contribution >= 4 is 10.0 Å². The summed E-state index contributed by atoms with van der Waals surface area (Å²) in [7, 11) is -1.53. The highest BCUT2D eigenvalue weighted by atomic mass is 32.2. The van der Waals surface area contributed by atoms with Crippen LogP contribution in [0.3, 0.4) is 0 Å². The Hall–Kier alpha value is -0.850. The molecule has 0 bridgehead atoms. The smallest absolute Gasteiger partial charge is 0.213 e. The average molecular weight is 232 g/mol. The number of hydrogen-bond acceptors (Lipinski definition) is 4. The van der Waals surface area contributed by atoms with Gasteiger partial charge in [0.25, 0.3) is 0 Å². The Kier molecular flexibility index (Phi) is 4.31. The summed E-state index contributed by atoms with van der Waals surface area (Å²) in [5.41, 5.74) is 0. The van der Waals surface area contributed by atoms with Crippen LogP contribution >= 0.6 is 0 Å². The second-order valence-electron chi connectivity index (χ2n) is 3.28. The van der Waals surface area contributed by atoms with Gasteiger partial charge in [-0.05, 0) is 26.1 Å². The topological polar surface area (TPSA) is 71.3 Å². The Balaban J connectivity index is 2.54. The van der Waals surface area contributed by atoms with Crippen LogP contribution in [0.25, 0.3) is 0 Å². The molecule has 1 aromatic heterocycles. The van der Waals surface area contributed by atoms with E-state index in [9.17, 15) is 8.42 Å². The van der Waals surface area contributed by atoms with Gasteiger partial charge in [0, 0.05) is 6.54 Å². The van der Waals surface area contributed by atoms with Crippen molar-refractivity contribution in [2.75, 3.05) is 19.3 Å². The zero-order valence-corrected chi connectivity index (χ0v) is 9.67. The molecule has 0 saturated heterocycles. The standard InChI is InChI=1S/C9H16N2O3S/c1-8(9-4-3-6-14-9)11-15(12,13)7-5-10-2/h3-4,6,8,10-11H,5,7H2,1-2H3. The van der Waals surface area contributed by atoms with Gasteiger partial charge < -0.3 is 9.73 Å². The first kappa shape index (κ1) is 12.2. The van der Waals surface area contributed by atoms with E-state index in [0.29, 0.717) is 12.3 Å². The lowest BCUT2D eigenvalue weighted by molar-refractivity contribution is 0.459. The zero-order chi connectivity index (χ0) is 11.3. The van der Waals surface area contributed by atoms with E-state index in [4.69, 9.17) is 4.42 Å². The first-order chi connectivity index (χ1) is 7.05. The fraction of sp³-hybridized carbons (Fsp3) is 0.556. The molecule has 0 aliphatic rings. The first-order valence-electron chi connectivity index (χ1n) is 4.73. The second-order valence-corrected chi connectivity index (χ2v) is 5.15. The Labute approximate surface area is 89.9 Å². The van der Waals surface area contributed by atoms with Crippen LogP contribution in [0.2, 0.25) is 0 Å². The van der Waals surface area contributed by atoms with Gasteiger partial charge in [-0.15, -0.1) is 0 Å². The predicted molar refractivity (Wildman–Crippen MR) is 58.0 cm³/mol. The maximum absolute atomic E-state index is 11.5. The molecule has 0 spiro atoms. The third kappa shape index (κ3) is 4.03. The van der Waals surface area contributed by atoms with Crippen molar-refractivity contribution in [2.24, 2.45) is 0 Å². The lowest BCUT2D eigenvalue weighted by atomic mass is 10.3. The van der Waals surface area contributed by atoms with E-state index in [1.165, 1.54) is 6.26 Å². The molecule has 0 fully saturated rings. The van der Waals surface area contributed by atoms with Crippen LogP contribution in [0.15, 0.2) is 22.8 Å². The minimum absolute atomic E-state index is 0.0640. The minimum atomic E-state index is -3.24. The lowest BCUT2D eigenvalue weighted by Gasteiger charge is -2.11. The molecule has 5 nitrogen and oxygen atoms in total. The van der Waals surface area contributed by atoms with Crippen LogP contribution in [-0.2, 0) is 10.0 Å². The molecule has 1 aromatic rings. The van der Waals surface area contributed by atoms with Crippen molar-refractivity contribution in [1.29, 1.82) is 0 Å². The van der Waals surface area contributed by atoms with Crippen LogP contribution in [0.4, 0.5) is 0 Å². The molecule has 0 aliphatic carbocycles. The molecule has 2 N–H and O–H groups in total. The summed E-state index contributed by atoms with van der Waals surface area (Å²) in [4.78, 5) is 0. The summed E-state index contributed by atoms with van der Waals surface area (Å²) >= 11 is 0. The van der Waals surface area contributed by atoms with Crippen LogP contribution in [0, 0.1) is 0 Å². The SMILES string of the molecule is CNCCS(=O)(=O)NC(C)c1ccco1. The summed E-state index contributed by atoms with van der Waals surface area (Å²) in [6.07, 6.45) is 1.52. The molecule has 1 heterocycles. The molecule has 0 radical (unpaired) electrons. The summed E-state index contributed by atoms with van der Waals surface area (Å²) < 4.78 is 30.6. The molecule has 1 unspecified atom stereocenters. The zero-order valence-electron chi connectivity index (χ0n) is 8.86. The van der Waals surface area contributed by atoms with Gasteiger partial charge in [0.1, 0.15) is 5.76 Å². The molecular formula is C9H16N2O3S. The van der Waals surface area contributed by atoms with Crippen molar-refractivity contribution in [3.05, 3.63) is 24.2 Å². The van der Waals surface area contributed by atoms with Gasteiger partial charge in [-0.3, -0.25) is 0 Å². The fourth-order valence-corrected chi connectivity index (χ4v) is 2.41. The molecule has 0 aliphatic heterocycles. The predicted octanol–water partition coefficient (Wildman–Crippen LogP) is 0.479. The van der Waals surface area contributed by atoms with Crippen molar-refractivity contribution < 1.29 is 12.8 Å². The van der Waals surface area contributed by atoms with Gasteiger partial charge in [-0.2, -0.15) is 0 Å². The van der Waals surface area contributed by atoms with E-state index in [1.54, 1.807) is 26.1 Å². The molecule has 86 valence electrons. The Morgan fingerprint density at radius 3 is 2.80 bits per heavy atom. The minimum Gasteiger partial charge on any atom is -0.468 e. The quantitative estimate of drug-likeness (QED) is 0.748. The Morgan fingerprint density at radius 2 is 2.27 bits per heavy atom. The van der Waals surface area contributed by atoms with E-state index >= 15 is 0 Å². The third-order valence-electron chi connectivity index (χ3n) is 1.95. The monoisotopic (exact) mass is 232 g/mol. The molecule has 0 saturated carbocycles. The van der Waals surface area contributed by atoms with Crippen molar-refractivity contribution in [3.63, 3.8) is 0 Å². The number of hydrogen-bond donors (Lipinski definition) is 2. The van der Waals surface area contributed by atoms with E-state index in [-0.39, 0.29) is 11.8 Å². The van der Waals surface area contributed by atoms with Gasteiger partial charge in [-0.25, -0.2) is 13.1 Å². The number of sulfonamides is 1. The largest absolute Gasteiger partial charge is 0.468 e. The molecule has 15 heavy (non-hydrogen) atoms. The molecule has 1 rings (SSSR count). The third-order valence-corrected chi connectivity index (χ3v) is 3.40. The summed E-state index contributed by atoms with van der Waals surface area (Å²) in [5, 5.41) is 2.79. The molecular weight excluding hydrogens is 216 g/mol.